The van der Waals surface area contributed by atoms with Gasteiger partial charge in [-0.05, 0) is 0 Å². The van der Waals surface area contributed by atoms with Crippen LogP contribution in [0, 0.1) is 0 Å². The molecule has 0 fully saturated rings. The van der Waals surface area contributed by atoms with E-state index in [1.807, 2.05) is 0 Å². The smallest absolute Gasteiger partial charge is 0.460 e. The Bertz CT molecular complexity index is 1410. The van der Waals surface area contributed by atoms with Gasteiger partial charge in [-0.25, -0.2) is 26.3 Å². The fraction of sp³-hybridized carbons (Fsp3) is 1.00. The average Bonchev–Trinajstić information content (AvgIpc) is 2.97. The highest BCUT2D eigenvalue weighted by molar-refractivity contribution is 6.84. The second kappa shape index (κ2) is 13.9. The summed E-state index contributed by atoms with van der Waals surface area (Å²) in [4.78, 5) is -3.78. The Labute approximate surface area is 305 Å². The molecule has 0 unspecified atom stereocenters. The van der Waals surface area contributed by atoms with Crippen LogP contribution in [0.3, 0.4) is 0 Å². The normalized spacial score (nSPS) is 17.4. The molecule has 0 amide bonds. The minimum Gasteiger partial charge on any atom is -0.465 e. The van der Waals surface area contributed by atoms with E-state index in [1.165, 1.54) is 0 Å². The van der Waals surface area contributed by atoms with E-state index in [-0.39, 0.29) is 0 Å². The van der Waals surface area contributed by atoms with Gasteiger partial charge in [-0.2, -0.15) is 145 Å². The molecule has 41 heteroatoms. The third-order valence-electron chi connectivity index (χ3n) is 8.22. The van der Waals surface area contributed by atoms with Crippen LogP contribution in [0.2, 0.25) is 0 Å². The summed E-state index contributed by atoms with van der Waals surface area (Å²) in [6.07, 6.45) is -38.1. The molecule has 0 N–H and O–H groups in total. The van der Waals surface area contributed by atoms with Crippen molar-refractivity contribution in [1.82, 2.24) is 4.81 Å². The number of hydrogen-bond donors (Lipinski definition) is 0. The van der Waals surface area contributed by atoms with Gasteiger partial charge in [0, 0.05) is 0 Å². The molecule has 0 aromatic carbocycles. The quantitative estimate of drug-likeness (QED) is 0.110. The van der Waals surface area contributed by atoms with Gasteiger partial charge >= 0.3 is 95.9 Å². The first kappa shape index (κ1) is 58.3. The van der Waals surface area contributed by atoms with Crippen molar-refractivity contribution < 1.29 is 171 Å². The molecule has 0 spiro atoms. The predicted octanol–water partition coefficient (Wildman–Crippen LogP) is 12.3. The standard InChI is InChI=1S/C20H6BF39N/c1-61(2)21(15(46,47)9(34,35)3(22,23)6(28,29)12(40,41)18(52,53)54,16(48,49)10(36,37)4(24,25)7(30,31)13(42,43)19(55,56)57)17(50,51)11(38,39)5(26,27)8(32,33)14(44,45)20(58,59)60/h1-2H3/q-1. The summed E-state index contributed by atoms with van der Waals surface area (Å²) in [6, 6.07) is 0. The highest BCUT2D eigenvalue weighted by atomic mass is 19.5. The van der Waals surface area contributed by atoms with Crippen molar-refractivity contribution >= 4 is 6.28 Å². The molecule has 0 bridgehead atoms. The first-order chi connectivity index (χ1) is 25.4. The molecule has 0 saturated carbocycles. The second-order valence-corrected chi connectivity index (χ2v) is 12.0. The van der Waals surface area contributed by atoms with Gasteiger partial charge < -0.3 is 4.81 Å². The summed E-state index contributed by atoms with van der Waals surface area (Å²) in [5.74, 6) is -154. The zero-order valence-corrected chi connectivity index (χ0v) is 26.8. The maximum Gasteiger partial charge on any atom is 0.460 e. The topological polar surface area (TPSA) is 3.24 Å². The molecule has 0 aromatic heterocycles. The Hall–Kier alpha value is -2.71. The number of hydrogen-bond acceptors (Lipinski definition) is 1. The molecule has 0 atom stereocenters. The van der Waals surface area contributed by atoms with Crippen LogP contribution in [0.4, 0.5) is 171 Å². The van der Waals surface area contributed by atoms with Crippen molar-refractivity contribution in [3.8, 4) is 0 Å². The van der Waals surface area contributed by atoms with Crippen LogP contribution in [0.25, 0.3) is 0 Å². The maximum atomic E-state index is 15.5. The number of nitrogens with zero attached hydrogens (tertiary/aromatic N) is 1. The SMILES string of the molecule is CN(C)[B-](C(F)(F)C(F)(F)C(F)(F)C(F)(F)C(F)(F)C(F)(F)F)(C(F)(F)C(F)(F)C(F)(F)C(F)(F)C(F)(F)C(F)(F)F)C(F)(F)C(F)(F)C(F)(F)C(F)(F)C(F)(F)C(F)(F)F. The summed E-state index contributed by atoms with van der Waals surface area (Å²) in [7, 11) is -4.42. The first-order valence-corrected chi connectivity index (χ1v) is 13.1. The van der Waals surface area contributed by atoms with Gasteiger partial charge in [-0.3, -0.25) is 0 Å². The van der Waals surface area contributed by atoms with Crippen LogP contribution in [0.15, 0.2) is 0 Å². The zero-order chi connectivity index (χ0) is 51.1. The van der Waals surface area contributed by atoms with E-state index in [0.717, 1.165) is 0 Å². The van der Waals surface area contributed by atoms with Crippen LogP contribution in [0.1, 0.15) is 0 Å². The van der Waals surface area contributed by atoms with Gasteiger partial charge in [0.25, 0.3) is 0 Å². The molecule has 368 valence electrons. The first-order valence-electron chi connectivity index (χ1n) is 13.1. The van der Waals surface area contributed by atoms with Gasteiger partial charge in [0.2, 0.25) is 17.5 Å². The lowest BCUT2D eigenvalue weighted by Crippen LogP contribution is -2.95. The highest BCUT2D eigenvalue weighted by Gasteiger charge is 3.03. The average molecular weight is 1010 g/mol. The van der Waals surface area contributed by atoms with Crippen molar-refractivity contribution in [2.24, 2.45) is 0 Å². The molecule has 0 rings (SSSR count). The molecule has 0 heterocycles. The summed E-state index contributed by atoms with van der Waals surface area (Å²) in [5.41, 5.74) is 0. The van der Waals surface area contributed by atoms with Crippen LogP contribution in [-0.2, 0) is 0 Å². The molecule has 1 nitrogen and oxygen atoms in total. The summed E-state index contributed by atoms with van der Waals surface area (Å²) in [5, 5.41) is 0. The van der Waals surface area contributed by atoms with Crippen molar-refractivity contribution in [1.29, 1.82) is 0 Å². The Morgan fingerprint density at radius 1 is 0.197 bits per heavy atom. The maximum absolute atomic E-state index is 15.5. The van der Waals surface area contributed by atoms with Gasteiger partial charge in [-0.15, -0.1) is 0 Å². The van der Waals surface area contributed by atoms with Gasteiger partial charge in [0.05, 0.1) is 0 Å². The fourth-order valence-electron chi connectivity index (χ4n) is 4.79. The van der Waals surface area contributed by atoms with Crippen LogP contribution in [0.5, 0.6) is 0 Å². The van der Waals surface area contributed by atoms with Crippen molar-refractivity contribution in [3.63, 3.8) is 0 Å². The summed E-state index contributed by atoms with van der Waals surface area (Å²) >= 11 is 0. The molecule has 0 aliphatic heterocycles. The Morgan fingerprint density at radius 3 is 0.410 bits per heavy atom. The Morgan fingerprint density at radius 2 is 0.311 bits per heavy atom. The summed E-state index contributed by atoms with van der Waals surface area (Å²) < 4.78 is 541. The van der Waals surface area contributed by atoms with E-state index in [4.69, 9.17) is 0 Å². The molecular weight excluding hydrogens is 1010 g/mol. The van der Waals surface area contributed by atoms with Crippen molar-refractivity contribution in [3.05, 3.63) is 0 Å². The second-order valence-electron chi connectivity index (χ2n) is 12.0. The lowest BCUT2D eigenvalue weighted by atomic mass is 9.18. The van der Waals surface area contributed by atoms with E-state index in [9.17, 15) is 145 Å². The summed E-state index contributed by atoms with van der Waals surface area (Å²) in [6.45, 7) is 0. The molecule has 0 aliphatic carbocycles. The third-order valence-corrected chi connectivity index (χ3v) is 8.22. The number of alkyl halides is 39. The van der Waals surface area contributed by atoms with E-state index in [2.05, 4.69) is 0 Å². The van der Waals surface area contributed by atoms with Crippen molar-refractivity contribution in [2.45, 2.75) is 107 Å². The molecule has 0 radical (unpaired) electrons. The lowest BCUT2D eigenvalue weighted by Gasteiger charge is -2.63. The number of rotatable bonds is 16. The monoisotopic (exact) mass is 1010 g/mol. The van der Waals surface area contributed by atoms with Crippen LogP contribution in [-0.4, -0.2) is 132 Å². The molecule has 0 aliphatic rings. The minimum atomic E-state index is -11.8. The number of halogens is 39. The molecule has 0 saturated heterocycles. The molecule has 0 aromatic rings. The Balaban J connectivity index is 9.80. The Kier molecular flexibility index (Phi) is 13.3. The van der Waals surface area contributed by atoms with Gasteiger partial charge in [0.1, 0.15) is 0 Å². The van der Waals surface area contributed by atoms with Gasteiger partial charge in [0.15, 0.2) is 0 Å². The zero-order valence-electron chi connectivity index (χ0n) is 26.8. The van der Waals surface area contributed by atoms with Gasteiger partial charge in [-0.1, -0.05) is 14.1 Å². The largest absolute Gasteiger partial charge is 0.465 e. The van der Waals surface area contributed by atoms with E-state index < -0.39 is 132 Å². The van der Waals surface area contributed by atoms with Crippen LogP contribution < -0.4 is 0 Å². The molecule has 61 heavy (non-hydrogen) atoms. The van der Waals surface area contributed by atoms with Crippen molar-refractivity contribution in [2.75, 3.05) is 14.1 Å². The van der Waals surface area contributed by atoms with E-state index in [0.29, 0.717) is 0 Å². The predicted molar refractivity (Wildman–Crippen MR) is 112 cm³/mol. The fourth-order valence-corrected chi connectivity index (χ4v) is 4.79. The lowest BCUT2D eigenvalue weighted by molar-refractivity contribution is -0.445. The molecular formula is C20H6BF39N-. The van der Waals surface area contributed by atoms with E-state index >= 15 is 26.3 Å². The third kappa shape index (κ3) is 6.41. The van der Waals surface area contributed by atoms with E-state index in [1.54, 1.807) is 0 Å². The van der Waals surface area contributed by atoms with Crippen LogP contribution >= 0.6 is 0 Å². The highest BCUT2D eigenvalue weighted by Crippen LogP contribution is 2.72. The minimum absolute atomic E-state index is 2.21.